The van der Waals surface area contributed by atoms with E-state index in [9.17, 15) is 8.42 Å². The summed E-state index contributed by atoms with van der Waals surface area (Å²) in [5.41, 5.74) is 0. The van der Waals surface area contributed by atoms with Crippen LogP contribution in [-0.2, 0) is 14.3 Å². The maximum atomic E-state index is 10.7. The van der Waals surface area contributed by atoms with Gasteiger partial charge in [0.25, 0.3) is 10.1 Å². The second-order valence-electron chi connectivity index (χ2n) is 2.58. The predicted octanol–water partition coefficient (Wildman–Crippen LogP) is 1.52. The summed E-state index contributed by atoms with van der Waals surface area (Å²) >= 11 is 1.63. The highest BCUT2D eigenvalue weighted by Crippen LogP contribution is 2.08. The van der Waals surface area contributed by atoms with Crippen molar-refractivity contribution in [3.05, 3.63) is 0 Å². The van der Waals surface area contributed by atoms with Gasteiger partial charge >= 0.3 is 0 Å². The van der Waals surface area contributed by atoms with Crippen LogP contribution in [0.15, 0.2) is 4.99 Å². The first kappa shape index (κ1) is 13.9. The maximum Gasteiger partial charge on any atom is 0.264 e. The Kier molecular flexibility index (Phi) is 7.22. The quantitative estimate of drug-likeness (QED) is 0.401. The van der Waals surface area contributed by atoms with Gasteiger partial charge in [0, 0.05) is 13.0 Å². The van der Waals surface area contributed by atoms with Gasteiger partial charge in [0.05, 0.1) is 17.9 Å². The summed E-state index contributed by atoms with van der Waals surface area (Å²) in [5, 5.41) is 0.957. The Morgan fingerprint density at radius 3 is 2.50 bits per heavy atom. The van der Waals surface area contributed by atoms with E-state index in [0.717, 1.165) is 23.6 Å². The molecule has 0 saturated heterocycles. The zero-order chi connectivity index (χ0) is 11.0. The van der Waals surface area contributed by atoms with Crippen LogP contribution in [0.25, 0.3) is 0 Å². The predicted molar refractivity (Wildman–Crippen MR) is 61.5 cm³/mol. The summed E-state index contributed by atoms with van der Waals surface area (Å²) < 4.78 is 25.9. The van der Waals surface area contributed by atoms with Gasteiger partial charge in [-0.15, -0.1) is 11.8 Å². The lowest BCUT2D eigenvalue weighted by Crippen LogP contribution is -2.07. The van der Waals surface area contributed by atoms with Crippen LogP contribution in [0.5, 0.6) is 0 Å². The minimum absolute atomic E-state index is 0.185. The maximum absolute atomic E-state index is 10.7. The lowest BCUT2D eigenvalue weighted by Gasteiger charge is -2.04. The second kappa shape index (κ2) is 7.25. The van der Waals surface area contributed by atoms with Crippen LogP contribution in [0, 0.1) is 0 Å². The molecule has 0 spiro atoms. The van der Waals surface area contributed by atoms with E-state index in [4.69, 9.17) is 0 Å². The van der Waals surface area contributed by atoms with Gasteiger partial charge in [-0.1, -0.05) is 6.92 Å². The van der Waals surface area contributed by atoms with E-state index in [1.54, 1.807) is 11.8 Å². The van der Waals surface area contributed by atoms with Crippen LogP contribution in [0.1, 0.15) is 20.3 Å². The molecule has 0 amide bonds. The zero-order valence-electron chi connectivity index (χ0n) is 8.82. The Labute approximate surface area is 90.3 Å². The van der Waals surface area contributed by atoms with E-state index < -0.39 is 10.1 Å². The van der Waals surface area contributed by atoms with Crippen molar-refractivity contribution in [3.63, 3.8) is 0 Å². The van der Waals surface area contributed by atoms with E-state index in [-0.39, 0.29) is 6.61 Å². The van der Waals surface area contributed by atoms with Crippen molar-refractivity contribution in [2.45, 2.75) is 20.3 Å². The van der Waals surface area contributed by atoms with Crippen molar-refractivity contribution in [2.24, 2.45) is 4.99 Å². The van der Waals surface area contributed by atoms with Gasteiger partial charge in [-0.2, -0.15) is 8.42 Å². The molecule has 14 heavy (non-hydrogen) atoms. The van der Waals surface area contributed by atoms with Crippen LogP contribution in [0.2, 0.25) is 0 Å². The summed E-state index contributed by atoms with van der Waals surface area (Å²) in [7, 11) is -3.31. The molecule has 0 fully saturated rings. The third kappa shape index (κ3) is 8.52. The van der Waals surface area contributed by atoms with Crippen molar-refractivity contribution in [2.75, 3.05) is 25.2 Å². The van der Waals surface area contributed by atoms with Crippen LogP contribution in [0.3, 0.4) is 0 Å². The molecule has 0 aliphatic heterocycles. The van der Waals surface area contributed by atoms with Crippen LogP contribution in [-0.4, -0.2) is 38.6 Å². The molecule has 0 N–H and O–H groups in total. The third-order valence-corrected chi connectivity index (χ3v) is 2.81. The molecule has 4 nitrogen and oxygen atoms in total. The molecule has 0 unspecified atom stereocenters. The molecule has 0 aromatic carbocycles. The Bertz CT molecular complexity index is 272. The van der Waals surface area contributed by atoms with Crippen molar-refractivity contribution >= 4 is 26.9 Å². The number of aliphatic imine (C=N–C) groups is 1. The fraction of sp³-hybridized carbons (Fsp3) is 0.875. The minimum Gasteiger partial charge on any atom is -0.283 e. The molecule has 0 aromatic rings. The van der Waals surface area contributed by atoms with E-state index in [2.05, 4.69) is 9.18 Å². The standard InChI is InChI=1S/C8H17NO3S2/c1-4-9-8(13-5-2)6-7-12-14(3,10)11/h4-7H2,1-3H3. The average Bonchev–Trinajstić information content (AvgIpc) is 2.02. The monoisotopic (exact) mass is 239 g/mol. The average molecular weight is 239 g/mol. The molecule has 0 aromatic heterocycles. The first-order chi connectivity index (χ1) is 6.49. The van der Waals surface area contributed by atoms with Crippen molar-refractivity contribution < 1.29 is 12.6 Å². The van der Waals surface area contributed by atoms with Gasteiger partial charge in [-0.05, 0) is 12.7 Å². The fourth-order valence-corrected chi connectivity index (χ4v) is 1.99. The summed E-state index contributed by atoms with van der Waals surface area (Å²) in [6, 6.07) is 0. The Hall–Kier alpha value is -0.0700. The van der Waals surface area contributed by atoms with Gasteiger partial charge in [0.2, 0.25) is 0 Å². The number of thioether (sulfide) groups is 1. The lowest BCUT2D eigenvalue weighted by molar-refractivity contribution is 0.333. The summed E-state index contributed by atoms with van der Waals surface area (Å²) in [6.07, 6.45) is 1.62. The molecule has 0 heterocycles. The van der Waals surface area contributed by atoms with Crippen molar-refractivity contribution in [3.8, 4) is 0 Å². The van der Waals surface area contributed by atoms with Gasteiger partial charge < -0.3 is 0 Å². The SMILES string of the molecule is CCN=C(CCOS(C)(=O)=O)SCC. The van der Waals surface area contributed by atoms with E-state index >= 15 is 0 Å². The molecule has 0 radical (unpaired) electrons. The van der Waals surface area contributed by atoms with Gasteiger partial charge in [0.15, 0.2) is 0 Å². The molecule has 0 rings (SSSR count). The van der Waals surface area contributed by atoms with Gasteiger partial charge in [-0.3, -0.25) is 9.18 Å². The number of hydrogen-bond acceptors (Lipinski definition) is 5. The molecule has 0 atom stereocenters. The first-order valence-electron chi connectivity index (χ1n) is 4.50. The molecule has 0 bridgehead atoms. The summed E-state index contributed by atoms with van der Waals surface area (Å²) in [6.45, 7) is 4.90. The molecule has 6 heteroatoms. The van der Waals surface area contributed by atoms with E-state index in [1.165, 1.54) is 0 Å². The van der Waals surface area contributed by atoms with Crippen molar-refractivity contribution in [1.29, 1.82) is 0 Å². The molecular weight excluding hydrogens is 222 g/mol. The van der Waals surface area contributed by atoms with Crippen LogP contribution in [0.4, 0.5) is 0 Å². The summed E-state index contributed by atoms with van der Waals surface area (Å²) in [5.74, 6) is 0.942. The Morgan fingerprint density at radius 2 is 2.07 bits per heavy atom. The van der Waals surface area contributed by atoms with Gasteiger partial charge in [0.1, 0.15) is 0 Å². The minimum atomic E-state index is -3.31. The lowest BCUT2D eigenvalue weighted by atomic mass is 10.5. The largest absolute Gasteiger partial charge is 0.283 e. The van der Waals surface area contributed by atoms with Gasteiger partial charge in [-0.25, -0.2) is 0 Å². The topological polar surface area (TPSA) is 55.7 Å². The van der Waals surface area contributed by atoms with Crippen LogP contribution < -0.4 is 0 Å². The zero-order valence-corrected chi connectivity index (χ0v) is 10.4. The number of hydrogen-bond donors (Lipinski definition) is 0. The molecular formula is C8H17NO3S2. The first-order valence-corrected chi connectivity index (χ1v) is 7.30. The molecule has 0 saturated carbocycles. The molecule has 84 valence electrons. The number of nitrogens with zero attached hydrogens (tertiary/aromatic N) is 1. The molecule has 0 aliphatic carbocycles. The molecule has 0 aliphatic rings. The highest BCUT2D eigenvalue weighted by atomic mass is 32.2. The summed E-state index contributed by atoms with van der Waals surface area (Å²) in [4.78, 5) is 4.24. The smallest absolute Gasteiger partial charge is 0.264 e. The number of rotatable bonds is 6. The normalized spacial score (nSPS) is 13.2. The Morgan fingerprint density at radius 1 is 1.43 bits per heavy atom. The van der Waals surface area contributed by atoms with E-state index in [1.807, 2.05) is 13.8 Å². The second-order valence-corrected chi connectivity index (χ2v) is 5.56. The van der Waals surface area contributed by atoms with Crippen molar-refractivity contribution in [1.82, 2.24) is 0 Å². The van der Waals surface area contributed by atoms with Crippen LogP contribution >= 0.6 is 11.8 Å². The van der Waals surface area contributed by atoms with E-state index in [0.29, 0.717) is 6.42 Å². The highest BCUT2D eigenvalue weighted by molar-refractivity contribution is 8.13. The fourth-order valence-electron chi connectivity index (χ4n) is 0.820. The third-order valence-electron chi connectivity index (χ3n) is 1.26. The Balaban J connectivity index is 3.89. The highest BCUT2D eigenvalue weighted by Gasteiger charge is 2.04.